The first-order valence-electron chi connectivity index (χ1n) is 11.1. The molecule has 1 saturated heterocycles. The number of hydrogen-bond acceptors (Lipinski definition) is 8. The van der Waals surface area contributed by atoms with Gasteiger partial charge in [-0.15, -0.1) is 0 Å². The van der Waals surface area contributed by atoms with E-state index in [4.69, 9.17) is 4.74 Å². The van der Waals surface area contributed by atoms with Crippen LogP contribution in [0.3, 0.4) is 0 Å². The molecule has 2 atom stereocenters. The minimum atomic E-state index is -0.290. The van der Waals surface area contributed by atoms with Gasteiger partial charge in [0.15, 0.2) is 0 Å². The van der Waals surface area contributed by atoms with Gasteiger partial charge >= 0.3 is 6.01 Å². The first kappa shape index (κ1) is 22.8. The van der Waals surface area contributed by atoms with Gasteiger partial charge in [-0.3, -0.25) is 4.79 Å². The van der Waals surface area contributed by atoms with E-state index in [0.29, 0.717) is 34.7 Å². The number of amides is 1. The second-order valence-corrected chi connectivity index (χ2v) is 9.62. The summed E-state index contributed by atoms with van der Waals surface area (Å²) in [6.07, 6.45) is 4.98. The number of nitrogens with one attached hydrogen (secondary N) is 2. The van der Waals surface area contributed by atoms with Gasteiger partial charge in [0.25, 0.3) is 5.91 Å². The molecule has 1 aliphatic rings. The van der Waals surface area contributed by atoms with E-state index in [9.17, 15) is 4.79 Å². The summed E-state index contributed by atoms with van der Waals surface area (Å²) in [6.45, 7) is 12.2. The van der Waals surface area contributed by atoms with E-state index in [-0.39, 0.29) is 17.3 Å². The molecule has 174 valence electrons. The summed E-state index contributed by atoms with van der Waals surface area (Å²) in [5, 5.41) is 7.25. The monoisotopic (exact) mass is 449 g/mol. The molecular weight excluding hydrogens is 418 g/mol. The molecule has 3 aromatic rings. The highest BCUT2D eigenvalue weighted by Crippen LogP contribution is 2.31. The van der Waals surface area contributed by atoms with E-state index in [1.54, 1.807) is 24.7 Å². The first-order chi connectivity index (χ1) is 15.7. The molecule has 0 unspecified atom stereocenters. The van der Waals surface area contributed by atoms with Crippen molar-refractivity contribution in [3.05, 3.63) is 42.1 Å². The molecular formula is C24H31N7O2. The highest BCUT2D eigenvalue weighted by molar-refractivity contribution is 6.13. The zero-order chi connectivity index (χ0) is 23.8. The number of piperazine rings is 1. The number of hydrogen-bond donors (Lipinski definition) is 2. The summed E-state index contributed by atoms with van der Waals surface area (Å²) in [6, 6.07) is 4.69. The molecule has 9 heteroatoms. The van der Waals surface area contributed by atoms with Crippen LogP contribution in [0.2, 0.25) is 0 Å². The average molecular weight is 450 g/mol. The number of carbonyl (C=O) groups is 1. The van der Waals surface area contributed by atoms with E-state index in [0.717, 1.165) is 24.2 Å². The normalized spacial score (nSPS) is 18.9. The lowest BCUT2D eigenvalue weighted by Crippen LogP contribution is -2.54. The van der Waals surface area contributed by atoms with Crippen LogP contribution in [0, 0.1) is 0 Å². The van der Waals surface area contributed by atoms with Crippen LogP contribution in [0.5, 0.6) is 6.01 Å². The van der Waals surface area contributed by atoms with Gasteiger partial charge in [-0.1, -0.05) is 20.8 Å². The maximum Gasteiger partial charge on any atom is 0.316 e. The number of ether oxygens (including phenoxy) is 1. The summed E-state index contributed by atoms with van der Waals surface area (Å²) in [7, 11) is 1.51. The van der Waals surface area contributed by atoms with Crippen molar-refractivity contribution in [2.75, 3.05) is 30.4 Å². The summed E-state index contributed by atoms with van der Waals surface area (Å²) in [5.41, 5.74) is 2.34. The van der Waals surface area contributed by atoms with Crippen molar-refractivity contribution >= 4 is 28.2 Å². The van der Waals surface area contributed by atoms with Gasteiger partial charge in [0.1, 0.15) is 5.82 Å². The van der Waals surface area contributed by atoms with Crippen LogP contribution in [0.25, 0.3) is 10.9 Å². The molecule has 1 amide bonds. The Kier molecular flexibility index (Phi) is 6.16. The van der Waals surface area contributed by atoms with Gasteiger partial charge in [0.2, 0.25) is 0 Å². The third-order valence-electron chi connectivity index (χ3n) is 5.61. The first-order valence-corrected chi connectivity index (χ1v) is 11.1. The summed E-state index contributed by atoms with van der Waals surface area (Å²) in [4.78, 5) is 33.1. The number of nitrogens with zero attached hydrogens (tertiary/aromatic N) is 5. The molecule has 3 heterocycles. The molecule has 33 heavy (non-hydrogen) atoms. The Morgan fingerprint density at radius 3 is 2.36 bits per heavy atom. The number of anilines is 2. The van der Waals surface area contributed by atoms with Crippen molar-refractivity contribution in [3.63, 3.8) is 0 Å². The van der Waals surface area contributed by atoms with Gasteiger partial charge in [0.05, 0.1) is 36.3 Å². The van der Waals surface area contributed by atoms with E-state index in [1.807, 2.05) is 26.8 Å². The minimum absolute atomic E-state index is 0.166. The fourth-order valence-corrected chi connectivity index (χ4v) is 4.15. The van der Waals surface area contributed by atoms with Crippen LogP contribution >= 0.6 is 0 Å². The van der Waals surface area contributed by atoms with Gasteiger partial charge in [-0.2, -0.15) is 4.98 Å². The zero-order valence-electron chi connectivity index (χ0n) is 20.0. The summed E-state index contributed by atoms with van der Waals surface area (Å²) in [5.74, 6) is 0.425. The lowest BCUT2D eigenvalue weighted by Gasteiger charge is -2.38. The SMILES string of the molecule is COc1ncc2c(N3C[C@H](C)N[C@@H](C)C3)ccc(C(=O)Nc3cnc(C(C)(C)C)nc3)c2n1. The molecule has 0 bridgehead atoms. The molecule has 2 aromatic heterocycles. The van der Waals surface area contributed by atoms with E-state index >= 15 is 0 Å². The van der Waals surface area contributed by atoms with Crippen molar-refractivity contribution in [2.24, 2.45) is 0 Å². The van der Waals surface area contributed by atoms with Crippen LogP contribution < -0.4 is 20.3 Å². The number of methoxy groups -OCH3 is 1. The Bertz CT molecular complexity index is 1150. The number of benzene rings is 1. The molecule has 1 fully saturated rings. The van der Waals surface area contributed by atoms with Crippen LogP contribution in [-0.4, -0.2) is 58.1 Å². The quantitative estimate of drug-likeness (QED) is 0.626. The van der Waals surface area contributed by atoms with E-state index < -0.39 is 0 Å². The minimum Gasteiger partial charge on any atom is -0.467 e. The largest absolute Gasteiger partial charge is 0.467 e. The lowest BCUT2D eigenvalue weighted by molar-refractivity contribution is 0.102. The second kappa shape index (κ2) is 8.90. The highest BCUT2D eigenvalue weighted by Gasteiger charge is 2.25. The van der Waals surface area contributed by atoms with Crippen molar-refractivity contribution in [1.29, 1.82) is 0 Å². The molecule has 0 saturated carbocycles. The molecule has 0 radical (unpaired) electrons. The molecule has 9 nitrogen and oxygen atoms in total. The molecule has 0 spiro atoms. The Morgan fingerprint density at radius 1 is 1.09 bits per heavy atom. The fourth-order valence-electron chi connectivity index (χ4n) is 4.15. The molecule has 0 aliphatic carbocycles. The smallest absolute Gasteiger partial charge is 0.316 e. The Morgan fingerprint density at radius 2 is 1.76 bits per heavy atom. The van der Waals surface area contributed by atoms with Crippen molar-refractivity contribution < 1.29 is 9.53 Å². The number of aromatic nitrogens is 4. The van der Waals surface area contributed by atoms with Gasteiger partial charge in [-0.25, -0.2) is 15.0 Å². The predicted octanol–water partition coefficient (Wildman–Crippen LogP) is 3.16. The standard InChI is InChI=1S/C24H31N7O2/c1-14-12-31(13-15(2)28-14)19-8-7-17(20-18(19)11-27-23(30-20)33-6)21(32)29-16-9-25-22(26-10-16)24(3,4)5/h7-11,14-15,28H,12-13H2,1-6H3,(H,29,32)/t14-,15-/m0/s1. The fraction of sp³-hybridized carbons (Fsp3) is 0.458. The van der Waals surface area contributed by atoms with Crippen molar-refractivity contribution in [1.82, 2.24) is 25.3 Å². The second-order valence-electron chi connectivity index (χ2n) is 9.62. The molecule has 2 N–H and O–H groups in total. The third kappa shape index (κ3) is 4.88. The molecule has 1 aliphatic heterocycles. The van der Waals surface area contributed by atoms with Crippen molar-refractivity contribution in [2.45, 2.75) is 52.1 Å². The number of fused-ring (bicyclic) bond motifs is 1. The Hall–Kier alpha value is -3.33. The Labute approximate surface area is 194 Å². The summed E-state index contributed by atoms with van der Waals surface area (Å²) >= 11 is 0. The van der Waals surface area contributed by atoms with E-state index in [2.05, 4.69) is 49.3 Å². The maximum absolute atomic E-state index is 13.2. The number of carbonyl (C=O) groups excluding carboxylic acids is 1. The van der Waals surface area contributed by atoms with Crippen LogP contribution in [-0.2, 0) is 5.41 Å². The van der Waals surface area contributed by atoms with Gasteiger partial charge in [-0.05, 0) is 26.0 Å². The zero-order valence-corrected chi connectivity index (χ0v) is 20.0. The van der Waals surface area contributed by atoms with Gasteiger partial charge in [0, 0.05) is 47.9 Å². The lowest BCUT2D eigenvalue weighted by atomic mass is 9.96. The number of rotatable bonds is 4. The van der Waals surface area contributed by atoms with Gasteiger partial charge < -0.3 is 20.3 Å². The molecule has 1 aromatic carbocycles. The topological polar surface area (TPSA) is 105 Å². The van der Waals surface area contributed by atoms with Crippen LogP contribution in [0.15, 0.2) is 30.7 Å². The van der Waals surface area contributed by atoms with Crippen LogP contribution in [0.4, 0.5) is 11.4 Å². The highest BCUT2D eigenvalue weighted by atomic mass is 16.5. The average Bonchev–Trinajstić information content (AvgIpc) is 2.77. The van der Waals surface area contributed by atoms with E-state index in [1.165, 1.54) is 7.11 Å². The van der Waals surface area contributed by atoms with Crippen LogP contribution in [0.1, 0.15) is 50.8 Å². The molecule has 4 rings (SSSR count). The third-order valence-corrected chi connectivity index (χ3v) is 5.61. The summed E-state index contributed by atoms with van der Waals surface area (Å²) < 4.78 is 5.24. The van der Waals surface area contributed by atoms with Crippen molar-refractivity contribution in [3.8, 4) is 6.01 Å². The Balaban J connectivity index is 1.69. The predicted molar refractivity (Wildman–Crippen MR) is 129 cm³/mol. The maximum atomic E-state index is 13.2.